The first kappa shape index (κ1) is 13.7. The topological polar surface area (TPSA) is 35.2 Å². The predicted molar refractivity (Wildman–Crippen MR) is 68.7 cm³/mol. The van der Waals surface area contributed by atoms with Crippen LogP contribution < -0.4 is 10.5 Å². The molecule has 0 spiro atoms. The van der Waals surface area contributed by atoms with Crippen LogP contribution in [0.3, 0.4) is 0 Å². The predicted octanol–water partition coefficient (Wildman–Crippen LogP) is 3.06. The molecule has 1 rings (SSSR count). The average Bonchev–Trinajstić information content (AvgIpc) is 2.32. The first-order valence-electron chi connectivity index (χ1n) is 5.95. The Morgan fingerprint density at radius 1 is 1.47 bits per heavy atom. The van der Waals surface area contributed by atoms with Crippen LogP contribution in [0.4, 0.5) is 4.39 Å². The van der Waals surface area contributed by atoms with E-state index in [4.69, 9.17) is 10.5 Å². The molecule has 1 unspecified atom stereocenters. The van der Waals surface area contributed by atoms with Crippen molar-refractivity contribution in [2.45, 2.75) is 32.7 Å². The molecule has 0 bridgehead atoms. The first-order chi connectivity index (χ1) is 8.17. The molecule has 1 aromatic rings. The summed E-state index contributed by atoms with van der Waals surface area (Å²) in [6.45, 7) is 4.45. The van der Waals surface area contributed by atoms with Crippen molar-refractivity contribution in [3.05, 3.63) is 41.7 Å². The molecule has 0 amide bonds. The quantitative estimate of drug-likeness (QED) is 0.772. The van der Waals surface area contributed by atoms with E-state index in [1.807, 2.05) is 26.0 Å². The molecule has 0 heterocycles. The van der Waals surface area contributed by atoms with Crippen molar-refractivity contribution < 1.29 is 9.13 Å². The molecule has 94 valence electrons. The molecular formula is C14H20FNO. The van der Waals surface area contributed by atoms with Crippen LogP contribution in [0.5, 0.6) is 5.75 Å². The molecule has 0 saturated carbocycles. The molecular weight excluding hydrogens is 217 g/mol. The molecule has 0 radical (unpaired) electrons. The van der Waals surface area contributed by atoms with Gasteiger partial charge in [0.15, 0.2) is 0 Å². The molecule has 2 N–H and O–H groups in total. The molecule has 2 nitrogen and oxygen atoms in total. The van der Waals surface area contributed by atoms with Crippen molar-refractivity contribution in [2.24, 2.45) is 5.73 Å². The molecule has 0 aliphatic rings. The summed E-state index contributed by atoms with van der Waals surface area (Å²) in [7, 11) is 0. The lowest BCUT2D eigenvalue weighted by Gasteiger charge is -2.13. The molecule has 0 aliphatic carbocycles. The highest BCUT2D eigenvalue weighted by Gasteiger charge is 2.09. The van der Waals surface area contributed by atoms with Gasteiger partial charge < -0.3 is 10.5 Å². The highest BCUT2D eigenvalue weighted by Crippen LogP contribution is 2.21. The summed E-state index contributed by atoms with van der Waals surface area (Å²) in [5.41, 5.74) is 6.72. The molecule has 1 aromatic carbocycles. The van der Waals surface area contributed by atoms with Gasteiger partial charge in [0.25, 0.3) is 0 Å². The van der Waals surface area contributed by atoms with E-state index < -0.39 is 0 Å². The summed E-state index contributed by atoms with van der Waals surface area (Å²) in [4.78, 5) is 0. The zero-order valence-electron chi connectivity index (χ0n) is 10.4. The number of hydrogen-bond donors (Lipinski definition) is 1. The van der Waals surface area contributed by atoms with Gasteiger partial charge in [0.2, 0.25) is 0 Å². The standard InChI is InChI=1S/C14H20FNO/c1-3-5-8-17-14-7-6-12(15)9-11(14)10-13(16)4-2/h3,5-7,9,13H,4,8,10,16H2,1-2H3/b5-3+. The van der Waals surface area contributed by atoms with Crippen molar-refractivity contribution in [3.63, 3.8) is 0 Å². The van der Waals surface area contributed by atoms with Gasteiger partial charge in [0.1, 0.15) is 18.2 Å². The van der Waals surface area contributed by atoms with Gasteiger partial charge in [-0.05, 0) is 43.5 Å². The lowest BCUT2D eigenvalue weighted by Crippen LogP contribution is -2.21. The van der Waals surface area contributed by atoms with Gasteiger partial charge in [-0.1, -0.05) is 19.1 Å². The average molecular weight is 237 g/mol. The monoisotopic (exact) mass is 237 g/mol. The largest absolute Gasteiger partial charge is 0.489 e. The van der Waals surface area contributed by atoms with E-state index >= 15 is 0 Å². The van der Waals surface area contributed by atoms with E-state index in [0.717, 1.165) is 12.0 Å². The van der Waals surface area contributed by atoms with E-state index in [0.29, 0.717) is 18.8 Å². The summed E-state index contributed by atoms with van der Waals surface area (Å²) in [6, 6.07) is 4.61. The van der Waals surface area contributed by atoms with Gasteiger partial charge in [-0.15, -0.1) is 0 Å². The Balaban J connectivity index is 2.79. The van der Waals surface area contributed by atoms with E-state index in [1.54, 1.807) is 6.07 Å². The van der Waals surface area contributed by atoms with Crippen molar-refractivity contribution in [3.8, 4) is 5.75 Å². The SMILES string of the molecule is C/C=C/COc1ccc(F)cc1CC(N)CC. The Morgan fingerprint density at radius 3 is 2.88 bits per heavy atom. The van der Waals surface area contributed by atoms with Crippen LogP contribution in [0.25, 0.3) is 0 Å². The maximum absolute atomic E-state index is 13.2. The van der Waals surface area contributed by atoms with Crippen LogP contribution in [-0.2, 0) is 6.42 Å². The maximum atomic E-state index is 13.2. The minimum atomic E-state index is -0.248. The number of ether oxygens (including phenoxy) is 1. The second-order valence-corrected chi connectivity index (χ2v) is 4.00. The summed E-state index contributed by atoms with van der Waals surface area (Å²) in [5.74, 6) is 0.468. The number of halogens is 1. The summed E-state index contributed by atoms with van der Waals surface area (Å²) < 4.78 is 18.7. The fraction of sp³-hybridized carbons (Fsp3) is 0.429. The Morgan fingerprint density at radius 2 is 2.24 bits per heavy atom. The Labute approximate surface area is 102 Å². The lowest BCUT2D eigenvalue weighted by molar-refractivity contribution is 0.356. The van der Waals surface area contributed by atoms with Crippen molar-refractivity contribution in [1.29, 1.82) is 0 Å². The van der Waals surface area contributed by atoms with Crippen LogP contribution >= 0.6 is 0 Å². The Kier molecular flexibility index (Phi) is 5.70. The highest BCUT2D eigenvalue weighted by molar-refractivity contribution is 5.34. The summed E-state index contributed by atoms with van der Waals surface area (Å²) in [6.07, 6.45) is 5.33. The van der Waals surface area contributed by atoms with Crippen molar-refractivity contribution in [1.82, 2.24) is 0 Å². The zero-order chi connectivity index (χ0) is 12.7. The first-order valence-corrected chi connectivity index (χ1v) is 5.95. The van der Waals surface area contributed by atoms with Gasteiger partial charge in [-0.25, -0.2) is 4.39 Å². The third-order valence-electron chi connectivity index (χ3n) is 2.60. The highest BCUT2D eigenvalue weighted by atomic mass is 19.1. The zero-order valence-corrected chi connectivity index (χ0v) is 10.4. The number of nitrogens with two attached hydrogens (primary N) is 1. The summed E-state index contributed by atoms with van der Waals surface area (Å²) in [5, 5.41) is 0. The van der Waals surface area contributed by atoms with Crippen molar-refractivity contribution >= 4 is 0 Å². The maximum Gasteiger partial charge on any atom is 0.123 e. The molecule has 3 heteroatoms. The second-order valence-electron chi connectivity index (χ2n) is 4.00. The molecule has 0 aliphatic heterocycles. The fourth-order valence-corrected chi connectivity index (χ4v) is 1.51. The van der Waals surface area contributed by atoms with Gasteiger partial charge in [0.05, 0.1) is 0 Å². The second kappa shape index (κ2) is 7.07. The van der Waals surface area contributed by atoms with Gasteiger partial charge in [-0.2, -0.15) is 0 Å². The van der Waals surface area contributed by atoms with E-state index in [-0.39, 0.29) is 11.9 Å². The minimum absolute atomic E-state index is 0.0425. The molecule has 1 atom stereocenters. The summed E-state index contributed by atoms with van der Waals surface area (Å²) >= 11 is 0. The molecule has 0 fully saturated rings. The van der Waals surface area contributed by atoms with E-state index in [2.05, 4.69) is 0 Å². The molecule has 0 aromatic heterocycles. The van der Waals surface area contributed by atoms with E-state index in [1.165, 1.54) is 12.1 Å². The number of rotatable bonds is 6. The Bertz CT molecular complexity index is 376. The van der Waals surface area contributed by atoms with Crippen LogP contribution in [0.15, 0.2) is 30.4 Å². The lowest BCUT2D eigenvalue weighted by atomic mass is 10.0. The van der Waals surface area contributed by atoms with Crippen LogP contribution in [0.2, 0.25) is 0 Å². The van der Waals surface area contributed by atoms with Crippen LogP contribution in [0.1, 0.15) is 25.8 Å². The number of hydrogen-bond acceptors (Lipinski definition) is 2. The Hall–Kier alpha value is -1.35. The van der Waals surface area contributed by atoms with Gasteiger partial charge in [0, 0.05) is 6.04 Å². The number of allylic oxidation sites excluding steroid dienone is 1. The minimum Gasteiger partial charge on any atom is -0.489 e. The fourth-order valence-electron chi connectivity index (χ4n) is 1.51. The third kappa shape index (κ3) is 4.57. The van der Waals surface area contributed by atoms with Crippen LogP contribution in [0, 0.1) is 5.82 Å². The van der Waals surface area contributed by atoms with E-state index in [9.17, 15) is 4.39 Å². The van der Waals surface area contributed by atoms with Crippen molar-refractivity contribution in [2.75, 3.05) is 6.61 Å². The van der Waals surface area contributed by atoms with Gasteiger partial charge >= 0.3 is 0 Å². The molecule has 0 saturated heterocycles. The van der Waals surface area contributed by atoms with Gasteiger partial charge in [-0.3, -0.25) is 0 Å². The third-order valence-corrected chi connectivity index (χ3v) is 2.60. The number of benzene rings is 1. The van der Waals surface area contributed by atoms with Crippen LogP contribution in [-0.4, -0.2) is 12.6 Å². The smallest absolute Gasteiger partial charge is 0.123 e. The molecule has 17 heavy (non-hydrogen) atoms. The normalized spacial score (nSPS) is 12.9.